The Morgan fingerprint density at radius 1 is 0.720 bits per heavy atom. The number of imidazole rings is 1. The number of rotatable bonds is 2. The second kappa shape index (κ2) is 5.89. The van der Waals surface area contributed by atoms with E-state index in [0.29, 0.717) is 0 Å². The topological polar surface area (TPSA) is 17.8 Å². The number of aromatic nitrogens is 2. The summed E-state index contributed by atoms with van der Waals surface area (Å²) in [7, 11) is 0. The van der Waals surface area contributed by atoms with Crippen LogP contribution in [0.15, 0.2) is 78.9 Å². The molecule has 0 spiro atoms. The number of hydrogen-bond acceptors (Lipinski definition) is 1. The molecule has 0 radical (unpaired) electrons. The maximum Gasteiger partial charge on any atom is 0.119 e. The van der Waals surface area contributed by atoms with E-state index in [9.17, 15) is 0 Å². The van der Waals surface area contributed by atoms with Gasteiger partial charge < -0.3 is 0 Å². The molecule has 0 fully saturated rings. The van der Waals surface area contributed by atoms with E-state index in [1.165, 1.54) is 11.1 Å². The average Bonchev–Trinajstić information content (AvgIpc) is 3.02. The summed E-state index contributed by atoms with van der Waals surface area (Å²) in [5.74, 6) is 1.08. The minimum Gasteiger partial charge on any atom is -0.296 e. The van der Waals surface area contributed by atoms with E-state index >= 15 is 0 Å². The summed E-state index contributed by atoms with van der Waals surface area (Å²) >= 11 is 0. The fraction of sp³-hybridized carbons (Fsp3) is 0.174. The van der Waals surface area contributed by atoms with Gasteiger partial charge >= 0.3 is 0 Å². The lowest BCUT2D eigenvalue weighted by Gasteiger charge is -2.20. The maximum absolute atomic E-state index is 5.01. The van der Waals surface area contributed by atoms with Crippen molar-refractivity contribution in [2.45, 2.75) is 26.2 Å². The first-order valence-electron chi connectivity index (χ1n) is 8.68. The molecule has 1 heterocycles. The van der Waals surface area contributed by atoms with Gasteiger partial charge in [0.2, 0.25) is 0 Å². The molecule has 2 heteroatoms. The van der Waals surface area contributed by atoms with Crippen molar-refractivity contribution >= 4 is 11.0 Å². The first-order chi connectivity index (χ1) is 12.0. The van der Waals surface area contributed by atoms with Crippen LogP contribution in [0.2, 0.25) is 0 Å². The first kappa shape index (κ1) is 15.6. The van der Waals surface area contributed by atoms with Gasteiger partial charge in [0.1, 0.15) is 5.82 Å². The summed E-state index contributed by atoms with van der Waals surface area (Å²) in [6, 6.07) is 27.5. The molecular weight excluding hydrogens is 304 g/mol. The highest BCUT2D eigenvalue weighted by Gasteiger charge is 2.23. The minimum atomic E-state index is -0.0399. The van der Waals surface area contributed by atoms with Crippen LogP contribution in [0.1, 0.15) is 26.6 Å². The van der Waals surface area contributed by atoms with Gasteiger partial charge in [0.25, 0.3) is 0 Å². The van der Waals surface area contributed by atoms with E-state index in [4.69, 9.17) is 4.98 Å². The highest BCUT2D eigenvalue weighted by atomic mass is 15.1. The number of para-hydroxylation sites is 1. The molecule has 124 valence electrons. The second-order valence-corrected chi connectivity index (χ2v) is 7.43. The zero-order chi connectivity index (χ0) is 17.4. The van der Waals surface area contributed by atoms with Crippen LogP contribution in [0.4, 0.5) is 0 Å². The molecule has 4 aromatic rings. The van der Waals surface area contributed by atoms with Crippen molar-refractivity contribution in [3.05, 3.63) is 84.7 Å². The van der Waals surface area contributed by atoms with E-state index in [1.54, 1.807) is 0 Å². The Labute approximate surface area is 148 Å². The maximum atomic E-state index is 5.01. The van der Waals surface area contributed by atoms with Crippen LogP contribution in [0.5, 0.6) is 0 Å². The van der Waals surface area contributed by atoms with E-state index in [1.807, 2.05) is 12.1 Å². The van der Waals surface area contributed by atoms with Crippen molar-refractivity contribution in [2.75, 3.05) is 0 Å². The van der Waals surface area contributed by atoms with Crippen LogP contribution in [0, 0.1) is 0 Å². The number of hydrogen-bond donors (Lipinski definition) is 0. The number of benzene rings is 3. The van der Waals surface area contributed by atoms with E-state index < -0.39 is 0 Å². The molecule has 3 aromatic carbocycles. The minimum absolute atomic E-state index is 0.0399. The Hall–Kier alpha value is -2.87. The highest BCUT2D eigenvalue weighted by Crippen LogP contribution is 2.31. The largest absolute Gasteiger partial charge is 0.296 e. The number of fused-ring (bicyclic) bond motifs is 1. The number of nitrogens with zero attached hydrogens (tertiary/aromatic N) is 2. The molecule has 0 amide bonds. The molecule has 0 N–H and O–H groups in total. The summed E-state index contributed by atoms with van der Waals surface area (Å²) in [6.45, 7) is 6.64. The summed E-state index contributed by atoms with van der Waals surface area (Å²) in [5.41, 5.74) is 5.72. The first-order valence-corrected chi connectivity index (χ1v) is 8.68. The van der Waals surface area contributed by atoms with Gasteiger partial charge in [-0.25, -0.2) is 4.98 Å². The SMILES string of the molecule is CC(C)(C)c1nc2cc(-c3ccccc3)ccc2n1-c1ccccc1. The third kappa shape index (κ3) is 2.85. The van der Waals surface area contributed by atoms with Gasteiger partial charge in [-0.15, -0.1) is 0 Å². The van der Waals surface area contributed by atoms with E-state index in [2.05, 4.69) is 92.1 Å². The quantitative estimate of drug-likeness (QED) is 0.442. The molecule has 0 atom stereocenters. The van der Waals surface area contributed by atoms with E-state index in [-0.39, 0.29) is 5.41 Å². The molecule has 0 bridgehead atoms. The lowest BCUT2D eigenvalue weighted by Crippen LogP contribution is -2.18. The molecule has 0 saturated heterocycles. The molecule has 25 heavy (non-hydrogen) atoms. The standard InChI is InChI=1S/C23H22N2/c1-23(2,3)22-24-20-16-18(17-10-6-4-7-11-17)14-15-21(20)25(22)19-12-8-5-9-13-19/h4-16H,1-3H3. The predicted octanol–water partition coefficient (Wildman–Crippen LogP) is 5.99. The van der Waals surface area contributed by atoms with Crippen LogP contribution in [-0.4, -0.2) is 9.55 Å². The molecule has 0 aliphatic carbocycles. The van der Waals surface area contributed by atoms with Crippen molar-refractivity contribution in [3.8, 4) is 16.8 Å². The molecule has 4 rings (SSSR count). The lowest BCUT2D eigenvalue weighted by molar-refractivity contribution is 0.539. The molecule has 0 saturated carbocycles. The van der Waals surface area contributed by atoms with Gasteiger partial charge in [0.15, 0.2) is 0 Å². The van der Waals surface area contributed by atoms with Crippen molar-refractivity contribution in [2.24, 2.45) is 0 Å². The van der Waals surface area contributed by atoms with Crippen molar-refractivity contribution in [1.29, 1.82) is 0 Å². The lowest BCUT2D eigenvalue weighted by atomic mass is 9.95. The zero-order valence-corrected chi connectivity index (χ0v) is 14.9. The van der Waals surface area contributed by atoms with E-state index in [0.717, 1.165) is 22.5 Å². The van der Waals surface area contributed by atoms with Crippen LogP contribution >= 0.6 is 0 Å². The molecule has 2 nitrogen and oxygen atoms in total. The van der Waals surface area contributed by atoms with Gasteiger partial charge in [-0.3, -0.25) is 4.57 Å². The Kier molecular flexibility index (Phi) is 3.69. The summed E-state index contributed by atoms with van der Waals surface area (Å²) in [5, 5.41) is 0. The van der Waals surface area contributed by atoms with Crippen LogP contribution in [0.25, 0.3) is 27.8 Å². The fourth-order valence-corrected chi connectivity index (χ4v) is 3.23. The third-order valence-electron chi connectivity index (χ3n) is 4.45. The van der Waals surface area contributed by atoms with Crippen molar-refractivity contribution < 1.29 is 0 Å². The Morgan fingerprint density at radius 3 is 2.00 bits per heavy atom. The summed E-state index contributed by atoms with van der Waals surface area (Å²) in [6.07, 6.45) is 0. The van der Waals surface area contributed by atoms with Gasteiger partial charge in [-0.05, 0) is 35.4 Å². The molecule has 0 aliphatic rings. The molecular formula is C23H22N2. The monoisotopic (exact) mass is 326 g/mol. The molecule has 0 aliphatic heterocycles. The Balaban J connectivity index is 1.97. The third-order valence-corrected chi connectivity index (χ3v) is 4.45. The summed E-state index contributed by atoms with van der Waals surface area (Å²) in [4.78, 5) is 5.01. The average molecular weight is 326 g/mol. The van der Waals surface area contributed by atoms with Gasteiger partial charge in [-0.2, -0.15) is 0 Å². The van der Waals surface area contributed by atoms with Crippen molar-refractivity contribution in [1.82, 2.24) is 9.55 Å². The molecule has 0 unspecified atom stereocenters. The van der Waals surface area contributed by atoms with Gasteiger partial charge in [0.05, 0.1) is 11.0 Å². The van der Waals surface area contributed by atoms with Crippen molar-refractivity contribution in [3.63, 3.8) is 0 Å². The van der Waals surface area contributed by atoms with Crippen LogP contribution < -0.4 is 0 Å². The molecule has 1 aromatic heterocycles. The Morgan fingerprint density at radius 2 is 1.36 bits per heavy atom. The van der Waals surface area contributed by atoms with Crippen LogP contribution in [0.3, 0.4) is 0 Å². The smallest absolute Gasteiger partial charge is 0.119 e. The van der Waals surface area contributed by atoms with Gasteiger partial charge in [0, 0.05) is 11.1 Å². The zero-order valence-electron chi connectivity index (χ0n) is 14.9. The Bertz CT molecular complexity index is 1010. The highest BCUT2D eigenvalue weighted by molar-refractivity contribution is 5.84. The predicted molar refractivity (Wildman–Crippen MR) is 105 cm³/mol. The van der Waals surface area contributed by atoms with Crippen LogP contribution in [-0.2, 0) is 5.41 Å². The normalized spacial score (nSPS) is 11.8. The second-order valence-electron chi connectivity index (χ2n) is 7.43. The summed E-state index contributed by atoms with van der Waals surface area (Å²) < 4.78 is 2.28. The fourth-order valence-electron chi connectivity index (χ4n) is 3.23. The van der Waals surface area contributed by atoms with Gasteiger partial charge in [-0.1, -0.05) is 75.4 Å².